The zero-order valence-corrected chi connectivity index (χ0v) is 11.4. The van der Waals surface area contributed by atoms with E-state index in [2.05, 4.69) is 0 Å². The molecule has 0 saturated heterocycles. The molecule has 0 heterocycles. The number of carbonyl (C=O) groups excluding carboxylic acids is 1. The molecular weight excluding hydrogens is 266 g/mol. The summed E-state index contributed by atoms with van der Waals surface area (Å²) in [5.74, 6) is -0.00390. The molecule has 4 nitrogen and oxygen atoms in total. The minimum absolute atomic E-state index is 0.0803. The van der Waals surface area contributed by atoms with Crippen molar-refractivity contribution >= 4 is 11.9 Å². The van der Waals surface area contributed by atoms with Crippen molar-refractivity contribution in [3.8, 4) is 17.6 Å². The molecule has 0 aliphatic carbocycles. The van der Waals surface area contributed by atoms with E-state index in [1.54, 1.807) is 36.4 Å². The number of ketones is 1. The van der Waals surface area contributed by atoms with E-state index in [0.29, 0.717) is 16.9 Å². The molecule has 0 spiro atoms. The molecule has 0 saturated carbocycles. The Labute approximate surface area is 122 Å². The van der Waals surface area contributed by atoms with E-state index in [1.807, 2.05) is 6.07 Å². The molecule has 4 heteroatoms. The van der Waals surface area contributed by atoms with Crippen molar-refractivity contribution in [1.29, 1.82) is 5.26 Å². The van der Waals surface area contributed by atoms with Gasteiger partial charge in [-0.25, -0.2) is 0 Å². The fraction of sp³-hybridized carbons (Fsp3) is 0.0588. The molecule has 0 aliphatic rings. The summed E-state index contributed by atoms with van der Waals surface area (Å²) in [4.78, 5) is 12.0. The number of rotatable bonds is 4. The third-order valence-corrected chi connectivity index (χ3v) is 2.91. The van der Waals surface area contributed by atoms with Gasteiger partial charge in [0.15, 0.2) is 17.3 Å². The second kappa shape index (κ2) is 6.40. The number of nitrogens with zero attached hydrogens (tertiary/aromatic N) is 1. The zero-order valence-electron chi connectivity index (χ0n) is 11.4. The zero-order chi connectivity index (χ0) is 15.2. The molecule has 0 bridgehead atoms. The smallest absolute Gasteiger partial charge is 0.185 e. The Morgan fingerprint density at radius 2 is 2.10 bits per heavy atom. The van der Waals surface area contributed by atoms with Crippen LogP contribution >= 0.6 is 0 Å². The average Bonchev–Trinajstić information content (AvgIpc) is 2.52. The van der Waals surface area contributed by atoms with E-state index in [0.717, 1.165) is 5.56 Å². The number of ether oxygens (including phenoxy) is 1. The maximum absolute atomic E-state index is 12.0. The number of carbonyl (C=O) groups is 1. The Kier molecular flexibility index (Phi) is 4.37. The second-order valence-corrected chi connectivity index (χ2v) is 4.32. The van der Waals surface area contributed by atoms with Crippen LogP contribution in [0, 0.1) is 11.3 Å². The van der Waals surface area contributed by atoms with Crippen molar-refractivity contribution in [1.82, 2.24) is 0 Å². The van der Waals surface area contributed by atoms with E-state index in [4.69, 9.17) is 10.00 Å². The first-order valence-corrected chi connectivity index (χ1v) is 6.23. The Bertz CT molecular complexity index is 742. The van der Waals surface area contributed by atoms with Crippen LogP contribution in [-0.2, 0) is 0 Å². The van der Waals surface area contributed by atoms with Gasteiger partial charge >= 0.3 is 0 Å². The number of hydrogen-bond acceptors (Lipinski definition) is 4. The summed E-state index contributed by atoms with van der Waals surface area (Å²) < 4.78 is 4.92. The molecule has 1 N–H and O–H groups in total. The normalized spacial score (nSPS) is 10.3. The summed E-state index contributed by atoms with van der Waals surface area (Å²) in [5, 5.41) is 18.5. The summed E-state index contributed by atoms with van der Waals surface area (Å²) in [7, 11) is 1.44. The second-order valence-electron chi connectivity index (χ2n) is 4.32. The molecule has 21 heavy (non-hydrogen) atoms. The lowest BCUT2D eigenvalue weighted by molar-refractivity contribution is 0.104. The Balaban J connectivity index is 2.19. The van der Waals surface area contributed by atoms with Crippen molar-refractivity contribution in [3.05, 3.63) is 65.2 Å². The minimum Gasteiger partial charge on any atom is -0.504 e. The largest absolute Gasteiger partial charge is 0.504 e. The summed E-state index contributed by atoms with van der Waals surface area (Å²) in [6.07, 6.45) is 3.03. The molecule has 0 radical (unpaired) electrons. The molecular formula is C17H13NO3. The van der Waals surface area contributed by atoms with Crippen LogP contribution in [0.5, 0.6) is 11.5 Å². The van der Waals surface area contributed by atoms with Crippen LogP contribution in [-0.4, -0.2) is 18.0 Å². The summed E-state index contributed by atoms with van der Waals surface area (Å²) >= 11 is 0. The van der Waals surface area contributed by atoms with Crippen molar-refractivity contribution in [2.45, 2.75) is 0 Å². The number of nitriles is 1. The van der Waals surface area contributed by atoms with Gasteiger partial charge in [-0.2, -0.15) is 5.26 Å². The summed E-state index contributed by atoms with van der Waals surface area (Å²) in [6.45, 7) is 0. The van der Waals surface area contributed by atoms with Crippen LogP contribution in [0.3, 0.4) is 0 Å². The van der Waals surface area contributed by atoms with Gasteiger partial charge in [0.25, 0.3) is 0 Å². The van der Waals surface area contributed by atoms with Crippen LogP contribution in [0.2, 0.25) is 0 Å². The van der Waals surface area contributed by atoms with Crippen LogP contribution in [0.15, 0.2) is 48.5 Å². The highest BCUT2D eigenvalue weighted by atomic mass is 16.5. The summed E-state index contributed by atoms with van der Waals surface area (Å²) in [5.41, 5.74) is 1.66. The number of benzene rings is 2. The maximum atomic E-state index is 12.0. The molecule has 2 aromatic rings. The SMILES string of the molecule is COc1ccc(C(=O)/C=C/c2cccc(C#N)c2)cc1O. The number of aromatic hydroxyl groups is 1. The Hall–Kier alpha value is -3.06. The van der Waals surface area contributed by atoms with Gasteiger partial charge in [0, 0.05) is 5.56 Å². The highest BCUT2D eigenvalue weighted by molar-refractivity contribution is 6.07. The fourth-order valence-corrected chi connectivity index (χ4v) is 1.82. The fourth-order valence-electron chi connectivity index (χ4n) is 1.82. The average molecular weight is 279 g/mol. The number of phenols is 1. The minimum atomic E-state index is -0.240. The molecule has 2 aromatic carbocycles. The lowest BCUT2D eigenvalue weighted by Crippen LogP contribution is -1.94. The Morgan fingerprint density at radius 3 is 2.76 bits per heavy atom. The van der Waals surface area contributed by atoms with Crippen LogP contribution in [0.25, 0.3) is 6.08 Å². The van der Waals surface area contributed by atoms with Gasteiger partial charge in [-0.15, -0.1) is 0 Å². The van der Waals surface area contributed by atoms with Gasteiger partial charge in [0.1, 0.15) is 0 Å². The molecule has 0 aliphatic heterocycles. The van der Waals surface area contributed by atoms with Gasteiger partial charge < -0.3 is 9.84 Å². The molecule has 0 atom stereocenters. The monoisotopic (exact) mass is 279 g/mol. The van der Waals surface area contributed by atoms with Crippen molar-refractivity contribution in [2.24, 2.45) is 0 Å². The number of methoxy groups -OCH3 is 1. The van der Waals surface area contributed by atoms with Crippen LogP contribution < -0.4 is 4.74 Å². The topological polar surface area (TPSA) is 70.3 Å². The molecule has 0 aromatic heterocycles. The number of hydrogen-bond donors (Lipinski definition) is 1. The third kappa shape index (κ3) is 3.48. The first-order chi connectivity index (χ1) is 10.1. The lowest BCUT2D eigenvalue weighted by Gasteiger charge is -2.03. The summed E-state index contributed by atoms with van der Waals surface area (Å²) in [6, 6.07) is 13.5. The first-order valence-electron chi connectivity index (χ1n) is 6.23. The third-order valence-electron chi connectivity index (χ3n) is 2.91. The number of phenolic OH excluding ortho intramolecular Hbond substituents is 1. The Morgan fingerprint density at radius 1 is 1.29 bits per heavy atom. The van der Waals surface area contributed by atoms with Crippen LogP contribution in [0.1, 0.15) is 21.5 Å². The van der Waals surface area contributed by atoms with Gasteiger partial charge in [0.2, 0.25) is 0 Å². The number of allylic oxidation sites excluding steroid dienone is 1. The molecule has 0 unspecified atom stereocenters. The van der Waals surface area contributed by atoms with E-state index in [-0.39, 0.29) is 11.5 Å². The van der Waals surface area contributed by atoms with Gasteiger partial charge in [-0.1, -0.05) is 18.2 Å². The van der Waals surface area contributed by atoms with Gasteiger partial charge in [-0.3, -0.25) is 4.79 Å². The van der Waals surface area contributed by atoms with E-state index < -0.39 is 0 Å². The van der Waals surface area contributed by atoms with E-state index in [1.165, 1.54) is 25.3 Å². The first kappa shape index (κ1) is 14.4. The van der Waals surface area contributed by atoms with Crippen molar-refractivity contribution in [2.75, 3.05) is 7.11 Å². The van der Waals surface area contributed by atoms with Crippen molar-refractivity contribution < 1.29 is 14.6 Å². The van der Waals surface area contributed by atoms with Crippen LogP contribution in [0.4, 0.5) is 0 Å². The quantitative estimate of drug-likeness (QED) is 0.689. The van der Waals surface area contributed by atoms with Gasteiger partial charge in [-0.05, 0) is 42.0 Å². The molecule has 104 valence electrons. The molecule has 0 amide bonds. The molecule has 0 fully saturated rings. The predicted molar refractivity (Wildman–Crippen MR) is 79.2 cm³/mol. The van der Waals surface area contributed by atoms with E-state index in [9.17, 15) is 9.90 Å². The van der Waals surface area contributed by atoms with E-state index >= 15 is 0 Å². The lowest BCUT2D eigenvalue weighted by atomic mass is 10.1. The highest BCUT2D eigenvalue weighted by Crippen LogP contribution is 2.26. The maximum Gasteiger partial charge on any atom is 0.185 e. The highest BCUT2D eigenvalue weighted by Gasteiger charge is 2.07. The molecule has 2 rings (SSSR count). The standard InChI is InChI=1S/C17H13NO3/c1-21-17-8-6-14(10-16(17)20)15(19)7-5-12-3-2-4-13(9-12)11-18/h2-10,20H,1H3/b7-5+. The van der Waals surface area contributed by atoms with Crippen molar-refractivity contribution in [3.63, 3.8) is 0 Å². The predicted octanol–water partition coefficient (Wildman–Crippen LogP) is 3.17. The van der Waals surface area contributed by atoms with Gasteiger partial charge in [0.05, 0.1) is 18.7 Å².